The van der Waals surface area contributed by atoms with E-state index in [1.54, 1.807) is 12.2 Å². The van der Waals surface area contributed by atoms with Crippen molar-refractivity contribution in [2.24, 2.45) is 0 Å². The fourth-order valence-electron chi connectivity index (χ4n) is 1.69. The Kier molecular flexibility index (Phi) is 4.42. The van der Waals surface area contributed by atoms with E-state index in [0.717, 1.165) is 12.8 Å². The van der Waals surface area contributed by atoms with E-state index in [-0.39, 0.29) is 29.6 Å². The van der Waals surface area contributed by atoms with Gasteiger partial charge in [0.1, 0.15) is 0 Å². The zero-order valence-corrected chi connectivity index (χ0v) is 9.99. The second-order valence-corrected chi connectivity index (χ2v) is 3.30. The maximum Gasteiger partial charge on any atom is 1.00 e. The summed E-state index contributed by atoms with van der Waals surface area (Å²) in [5.74, 6) is -0.542. The van der Waals surface area contributed by atoms with Crippen LogP contribution in [0.25, 0.3) is 0 Å². The van der Waals surface area contributed by atoms with E-state index < -0.39 is 11.9 Å². The van der Waals surface area contributed by atoms with Gasteiger partial charge in [-0.15, -0.1) is 6.10 Å². The van der Waals surface area contributed by atoms with Crippen LogP contribution in [0.3, 0.4) is 0 Å². The van der Waals surface area contributed by atoms with Crippen molar-refractivity contribution >= 4 is 0 Å². The summed E-state index contributed by atoms with van der Waals surface area (Å²) in [7, 11) is 0. The number of hydrogen-bond acceptors (Lipinski definition) is 3. The van der Waals surface area contributed by atoms with Gasteiger partial charge in [0, 0.05) is 6.42 Å². The summed E-state index contributed by atoms with van der Waals surface area (Å²) in [4.78, 5) is 0. The third-order valence-electron chi connectivity index (χ3n) is 2.35. The van der Waals surface area contributed by atoms with Gasteiger partial charge in [0.05, 0.1) is 13.2 Å². The molecule has 0 radical (unpaired) electrons. The molecule has 1 atom stereocenters. The van der Waals surface area contributed by atoms with Gasteiger partial charge in [-0.3, -0.25) is 0 Å². The molecule has 1 heterocycles. The molecule has 1 saturated heterocycles. The van der Waals surface area contributed by atoms with Gasteiger partial charge in [-0.25, -0.2) is 0 Å². The third kappa shape index (κ3) is 2.78. The Morgan fingerprint density at radius 3 is 2.69 bits per heavy atom. The summed E-state index contributed by atoms with van der Waals surface area (Å²) in [6, 6.07) is 0. The Labute approximate surface area is 100 Å². The van der Waals surface area contributed by atoms with Crippen molar-refractivity contribution in [3.8, 4) is 0 Å². The SMILES string of the molecule is [Na+].[O-]C1C=CC2(CCC1)OCCO2. The van der Waals surface area contributed by atoms with Gasteiger partial charge in [0.25, 0.3) is 0 Å². The quantitative estimate of drug-likeness (QED) is 0.307. The predicted octanol–water partition coefficient (Wildman–Crippen LogP) is -2.80. The van der Waals surface area contributed by atoms with Gasteiger partial charge in [-0.05, 0) is 12.5 Å². The Hall–Kier alpha value is 0.620. The van der Waals surface area contributed by atoms with Gasteiger partial charge in [-0.1, -0.05) is 12.5 Å². The summed E-state index contributed by atoms with van der Waals surface area (Å²) in [5.41, 5.74) is 0. The standard InChI is InChI=1S/C9H13O3.Na/c10-8-2-1-4-9(5-3-8)11-6-7-12-9;/h3,5,8H,1-2,4,6-7H2;/q-1;+1. The molecule has 0 saturated carbocycles. The fourth-order valence-corrected chi connectivity index (χ4v) is 1.69. The molecule has 1 aliphatic heterocycles. The third-order valence-corrected chi connectivity index (χ3v) is 2.35. The van der Waals surface area contributed by atoms with E-state index in [2.05, 4.69) is 0 Å². The van der Waals surface area contributed by atoms with Crippen LogP contribution >= 0.6 is 0 Å². The van der Waals surface area contributed by atoms with E-state index in [9.17, 15) is 5.11 Å². The maximum atomic E-state index is 11.1. The number of ether oxygens (including phenoxy) is 2. The number of rotatable bonds is 0. The average molecular weight is 192 g/mol. The zero-order valence-electron chi connectivity index (χ0n) is 7.99. The van der Waals surface area contributed by atoms with Crippen LogP contribution in [0.1, 0.15) is 19.3 Å². The van der Waals surface area contributed by atoms with E-state index in [0.29, 0.717) is 19.6 Å². The molecule has 1 spiro atoms. The molecule has 4 heteroatoms. The van der Waals surface area contributed by atoms with Gasteiger partial charge in [0.15, 0.2) is 5.79 Å². The molecule has 0 N–H and O–H groups in total. The van der Waals surface area contributed by atoms with Crippen LogP contribution < -0.4 is 34.7 Å². The predicted molar refractivity (Wildman–Crippen MR) is 41.4 cm³/mol. The van der Waals surface area contributed by atoms with Crippen LogP contribution in [0, 0.1) is 0 Å². The molecule has 68 valence electrons. The average Bonchev–Trinajstić information content (AvgIpc) is 2.42. The fraction of sp³-hybridized carbons (Fsp3) is 0.778. The van der Waals surface area contributed by atoms with Crippen molar-refractivity contribution < 1.29 is 44.1 Å². The van der Waals surface area contributed by atoms with Gasteiger partial charge in [-0.2, -0.15) is 0 Å². The van der Waals surface area contributed by atoms with E-state index in [1.165, 1.54) is 0 Å². The normalized spacial score (nSPS) is 31.3. The Morgan fingerprint density at radius 2 is 2.00 bits per heavy atom. The molecule has 0 aromatic carbocycles. The van der Waals surface area contributed by atoms with Crippen LogP contribution in [0.2, 0.25) is 0 Å². The van der Waals surface area contributed by atoms with Crippen LogP contribution in [0.4, 0.5) is 0 Å². The second kappa shape index (κ2) is 4.91. The molecule has 0 aromatic heterocycles. The summed E-state index contributed by atoms with van der Waals surface area (Å²) < 4.78 is 10.9. The summed E-state index contributed by atoms with van der Waals surface area (Å²) in [6.07, 6.45) is 5.30. The van der Waals surface area contributed by atoms with Crippen LogP contribution in [0.15, 0.2) is 12.2 Å². The van der Waals surface area contributed by atoms with Crippen molar-refractivity contribution in [3.05, 3.63) is 12.2 Å². The van der Waals surface area contributed by atoms with Gasteiger partial charge in [0.2, 0.25) is 0 Å². The molecule has 0 amide bonds. The largest absolute Gasteiger partial charge is 1.00 e. The Balaban J connectivity index is 0.000000845. The topological polar surface area (TPSA) is 41.5 Å². The molecule has 1 aliphatic carbocycles. The van der Waals surface area contributed by atoms with Crippen molar-refractivity contribution in [2.75, 3.05) is 13.2 Å². The van der Waals surface area contributed by atoms with E-state index >= 15 is 0 Å². The molecule has 0 bridgehead atoms. The second-order valence-electron chi connectivity index (χ2n) is 3.30. The Morgan fingerprint density at radius 1 is 1.31 bits per heavy atom. The van der Waals surface area contributed by atoms with Gasteiger partial charge < -0.3 is 14.6 Å². The minimum Gasteiger partial charge on any atom is -0.849 e. The molecular formula is C9H13NaO3. The van der Waals surface area contributed by atoms with Crippen molar-refractivity contribution in [3.63, 3.8) is 0 Å². The monoisotopic (exact) mass is 192 g/mol. The summed E-state index contributed by atoms with van der Waals surface area (Å²) >= 11 is 0. The first kappa shape index (κ1) is 11.7. The smallest absolute Gasteiger partial charge is 0.849 e. The summed E-state index contributed by atoms with van der Waals surface area (Å²) in [6.45, 7) is 1.29. The van der Waals surface area contributed by atoms with Crippen molar-refractivity contribution in [2.45, 2.75) is 31.2 Å². The Bertz CT molecular complexity index is 187. The van der Waals surface area contributed by atoms with Gasteiger partial charge >= 0.3 is 29.6 Å². The molecule has 1 unspecified atom stereocenters. The first-order valence-corrected chi connectivity index (χ1v) is 4.44. The molecule has 3 nitrogen and oxygen atoms in total. The number of hydrogen-bond donors (Lipinski definition) is 0. The molecule has 0 aromatic rings. The molecule has 2 rings (SSSR count). The maximum absolute atomic E-state index is 11.1. The summed E-state index contributed by atoms with van der Waals surface area (Å²) in [5, 5.41) is 11.1. The van der Waals surface area contributed by atoms with Crippen LogP contribution in [-0.2, 0) is 9.47 Å². The zero-order chi connectivity index (χ0) is 8.44. The molecule has 2 aliphatic rings. The minimum absolute atomic E-state index is 0. The van der Waals surface area contributed by atoms with E-state index in [1.807, 2.05) is 0 Å². The van der Waals surface area contributed by atoms with Crippen molar-refractivity contribution in [1.29, 1.82) is 0 Å². The molecular weight excluding hydrogens is 179 g/mol. The minimum atomic E-state index is -0.572. The first-order valence-electron chi connectivity index (χ1n) is 4.44. The van der Waals surface area contributed by atoms with E-state index in [4.69, 9.17) is 9.47 Å². The van der Waals surface area contributed by atoms with Crippen LogP contribution in [0.5, 0.6) is 0 Å². The van der Waals surface area contributed by atoms with Crippen LogP contribution in [-0.4, -0.2) is 25.1 Å². The molecule has 1 fully saturated rings. The first-order chi connectivity index (χ1) is 5.81. The molecule has 13 heavy (non-hydrogen) atoms. The van der Waals surface area contributed by atoms with Crippen molar-refractivity contribution in [1.82, 2.24) is 0 Å².